The molecule has 4 amide bonds. The van der Waals surface area contributed by atoms with Crippen LogP contribution in [0.3, 0.4) is 0 Å². The highest BCUT2D eigenvalue weighted by atomic mass is 16.2. The Kier molecular flexibility index (Phi) is 5.79. The van der Waals surface area contributed by atoms with Crippen LogP contribution < -0.4 is 16.0 Å². The summed E-state index contributed by atoms with van der Waals surface area (Å²) >= 11 is 0. The van der Waals surface area contributed by atoms with Crippen LogP contribution in [0, 0.1) is 17.3 Å². The second kappa shape index (κ2) is 7.78. The van der Waals surface area contributed by atoms with Gasteiger partial charge in [-0.25, -0.2) is 4.79 Å². The largest absolute Gasteiger partial charge is 0.354 e. The zero-order valence-corrected chi connectivity index (χ0v) is 16.9. The van der Waals surface area contributed by atoms with Crippen LogP contribution in [0.5, 0.6) is 0 Å². The number of hydrogen-bond donors (Lipinski definition) is 3. The van der Waals surface area contributed by atoms with Crippen molar-refractivity contribution in [1.29, 1.82) is 0 Å². The molecule has 1 atom stereocenters. The number of hydrogen-bond acceptors (Lipinski definition) is 4. The Morgan fingerprint density at radius 2 is 1.93 bits per heavy atom. The maximum Gasteiger partial charge on any atom is 0.325 e. The summed E-state index contributed by atoms with van der Waals surface area (Å²) in [6, 6.07) is -0.427. The normalized spacial score (nSPS) is 31.9. The summed E-state index contributed by atoms with van der Waals surface area (Å²) in [4.78, 5) is 38.7. The zero-order valence-electron chi connectivity index (χ0n) is 16.9. The first-order valence-corrected chi connectivity index (χ1v) is 10.3. The first-order chi connectivity index (χ1) is 12.7. The molecule has 0 aromatic heterocycles. The lowest BCUT2D eigenvalue weighted by Gasteiger charge is -2.40. The number of carbonyl (C=O) groups is 3. The Bertz CT molecular complexity index is 585. The monoisotopic (exact) mass is 378 g/mol. The fraction of sp³-hybridized carbons (Fsp3) is 0.850. The maximum absolute atomic E-state index is 12.9. The molecule has 2 aliphatic heterocycles. The Balaban J connectivity index is 1.52. The van der Waals surface area contributed by atoms with E-state index in [2.05, 4.69) is 36.7 Å². The van der Waals surface area contributed by atoms with Crippen molar-refractivity contribution in [2.24, 2.45) is 17.3 Å². The average Bonchev–Trinajstić information content (AvgIpc) is 2.85. The van der Waals surface area contributed by atoms with Crippen LogP contribution in [0.2, 0.25) is 0 Å². The van der Waals surface area contributed by atoms with Crippen LogP contribution in [-0.2, 0) is 9.59 Å². The predicted octanol–water partition coefficient (Wildman–Crippen LogP) is 1.63. The van der Waals surface area contributed by atoms with Crippen LogP contribution in [0.1, 0.15) is 59.3 Å². The molecule has 27 heavy (non-hydrogen) atoms. The highest BCUT2D eigenvalue weighted by Gasteiger charge is 2.53. The third-order valence-corrected chi connectivity index (χ3v) is 6.60. The fourth-order valence-corrected chi connectivity index (χ4v) is 4.69. The summed E-state index contributed by atoms with van der Waals surface area (Å²) < 4.78 is 0. The third kappa shape index (κ3) is 4.45. The zero-order chi connectivity index (χ0) is 19.7. The van der Waals surface area contributed by atoms with Crippen molar-refractivity contribution in [1.82, 2.24) is 20.9 Å². The van der Waals surface area contributed by atoms with Crippen LogP contribution in [0.15, 0.2) is 0 Å². The number of urea groups is 1. The summed E-state index contributed by atoms with van der Waals surface area (Å²) in [5.74, 6) is 0.484. The number of imide groups is 1. The van der Waals surface area contributed by atoms with E-state index in [9.17, 15) is 14.4 Å². The number of nitrogens with one attached hydrogen (secondary N) is 3. The molecule has 0 aromatic carbocycles. The van der Waals surface area contributed by atoms with Gasteiger partial charge in [-0.2, -0.15) is 0 Å². The lowest BCUT2D eigenvalue weighted by Crippen LogP contribution is -2.51. The lowest BCUT2D eigenvalue weighted by molar-refractivity contribution is -0.136. The van der Waals surface area contributed by atoms with Crippen LogP contribution in [0.4, 0.5) is 4.79 Å². The summed E-state index contributed by atoms with van der Waals surface area (Å²) in [7, 11) is 0. The summed E-state index contributed by atoms with van der Waals surface area (Å²) in [5, 5.41) is 9.10. The van der Waals surface area contributed by atoms with E-state index in [1.165, 1.54) is 0 Å². The molecular weight excluding hydrogens is 344 g/mol. The van der Waals surface area contributed by atoms with E-state index >= 15 is 0 Å². The molecule has 2 saturated heterocycles. The quantitative estimate of drug-likeness (QED) is 0.649. The van der Waals surface area contributed by atoms with Gasteiger partial charge in [-0.05, 0) is 68.9 Å². The molecule has 0 radical (unpaired) electrons. The van der Waals surface area contributed by atoms with E-state index in [0.717, 1.165) is 43.7 Å². The molecule has 7 heteroatoms. The second-order valence-corrected chi connectivity index (χ2v) is 9.56. The molecule has 2 heterocycles. The first-order valence-electron chi connectivity index (χ1n) is 10.3. The second-order valence-electron chi connectivity index (χ2n) is 9.56. The van der Waals surface area contributed by atoms with Crippen molar-refractivity contribution in [3.8, 4) is 0 Å². The molecule has 1 saturated carbocycles. The van der Waals surface area contributed by atoms with E-state index < -0.39 is 11.6 Å². The molecule has 1 unspecified atom stereocenters. The number of piperidine rings is 1. The molecule has 1 spiro atoms. The van der Waals surface area contributed by atoms with Gasteiger partial charge in [-0.3, -0.25) is 14.5 Å². The van der Waals surface area contributed by atoms with E-state index in [1.807, 2.05) is 0 Å². The Labute approximate surface area is 162 Å². The smallest absolute Gasteiger partial charge is 0.325 e. The highest BCUT2D eigenvalue weighted by molar-refractivity contribution is 6.09. The maximum atomic E-state index is 12.9. The Morgan fingerprint density at radius 1 is 1.22 bits per heavy atom. The molecule has 7 nitrogen and oxygen atoms in total. The Hall–Kier alpha value is -1.63. The van der Waals surface area contributed by atoms with E-state index in [1.54, 1.807) is 0 Å². The first kappa shape index (κ1) is 20.1. The lowest BCUT2D eigenvalue weighted by atomic mass is 9.67. The van der Waals surface area contributed by atoms with Gasteiger partial charge >= 0.3 is 6.03 Å². The van der Waals surface area contributed by atoms with Gasteiger partial charge in [0.2, 0.25) is 5.91 Å². The predicted molar refractivity (Wildman–Crippen MR) is 103 cm³/mol. The number of rotatable bonds is 4. The SMILES string of the molecule is CC(C)(C)C1CCC2(CC1)NC(=O)N(CC(=O)NCC1CCCNC1)C2=O. The van der Waals surface area contributed by atoms with Gasteiger partial charge < -0.3 is 16.0 Å². The number of carbonyl (C=O) groups excluding carboxylic acids is 3. The van der Waals surface area contributed by atoms with Gasteiger partial charge in [-0.15, -0.1) is 0 Å². The van der Waals surface area contributed by atoms with Crippen molar-refractivity contribution < 1.29 is 14.4 Å². The van der Waals surface area contributed by atoms with Crippen molar-refractivity contribution in [2.45, 2.75) is 64.8 Å². The summed E-state index contributed by atoms with van der Waals surface area (Å²) in [5.41, 5.74) is -0.590. The van der Waals surface area contributed by atoms with Crippen LogP contribution in [0.25, 0.3) is 0 Å². The van der Waals surface area contributed by atoms with Crippen molar-refractivity contribution >= 4 is 17.8 Å². The molecule has 3 N–H and O–H groups in total. The van der Waals surface area contributed by atoms with Gasteiger partial charge in [0, 0.05) is 6.54 Å². The summed E-state index contributed by atoms with van der Waals surface area (Å²) in [6.45, 7) is 9.02. The standard InChI is InChI=1S/C20H34N4O3/c1-19(2,3)15-6-8-20(9-7-15)17(26)24(18(27)23-20)13-16(25)22-12-14-5-4-10-21-11-14/h14-15,21H,4-13H2,1-3H3,(H,22,25)(H,23,27). The van der Waals surface area contributed by atoms with Crippen molar-refractivity contribution in [2.75, 3.05) is 26.2 Å². The van der Waals surface area contributed by atoms with Crippen LogP contribution >= 0.6 is 0 Å². The van der Waals surface area contributed by atoms with Gasteiger partial charge in [0.15, 0.2) is 0 Å². The topological polar surface area (TPSA) is 90.5 Å². The molecule has 0 bridgehead atoms. The van der Waals surface area contributed by atoms with Crippen molar-refractivity contribution in [3.63, 3.8) is 0 Å². The summed E-state index contributed by atoms with van der Waals surface area (Å²) in [6.07, 6.45) is 5.37. The number of nitrogens with zero attached hydrogens (tertiary/aromatic N) is 1. The molecule has 3 fully saturated rings. The number of amides is 4. The third-order valence-electron chi connectivity index (χ3n) is 6.60. The van der Waals surface area contributed by atoms with Gasteiger partial charge in [0.05, 0.1) is 0 Å². The molecule has 3 rings (SSSR count). The fourth-order valence-electron chi connectivity index (χ4n) is 4.69. The molecular formula is C20H34N4O3. The van der Waals surface area contributed by atoms with Gasteiger partial charge in [0.1, 0.15) is 12.1 Å². The minimum Gasteiger partial charge on any atom is -0.354 e. The van der Waals surface area contributed by atoms with E-state index in [0.29, 0.717) is 31.2 Å². The molecule has 0 aromatic rings. The van der Waals surface area contributed by atoms with Crippen molar-refractivity contribution in [3.05, 3.63) is 0 Å². The molecule has 3 aliphatic rings. The van der Waals surface area contributed by atoms with Gasteiger partial charge in [0.25, 0.3) is 5.91 Å². The van der Waals surface area contributed by atoms with Crippen LogP contribution in [-0.4, -0.2) is 54.5 Å². The van der Waals surface area contributed by atoms with E-state index in [-0.39, 0.29) is 23.8 Å². The van der Waals surface area contributed by atoms with E-state index in [4.69, 9.17) is 0 Å². The Morgan fingerprint density at radius 3 is 2.52 bits per heavy atom. The highest BCUT2D eigenvalue weighted by Crippen LogP contribution is 2.43. The minimum atomic E-state index is -0.799. The molecule has 1 aliphatic carbocycles. The molecule has 152 valence electrons. The van der Waals surface area contributed by atoms with Gasteiger partial charge in [-0.1, -0.05) is 20.8 Å². The minimum absolute atomic E-state index is 0.185. The average molecular weight is 379 g/mol.